The van der Waals surface area contributed by atoms with E-state index in [1.54, 1.807) is 25.1 Å². The summed E-state index contributed by atoms with van der Waals surface area (Å²) in [6, 6.07) is 16.5. The van der Waals surface area contributed by atoms with Crippen LogP contribution in [-0.4, -0.2) is 17.6 Å². The third-order valence-corrected chi connectivity index (χ3v) is 4.26. The number of halogens is 1. The lowest BCUT2D eigenvalue weighted by Crippen LogP contribution is -2.39. The number of hydrogen-bond acceptors (Lipinski definition) is 3. The predicted molar refractivity (Wildman–Crippen MR) is 94.0 cm³/mol. The van der Waals surface area contributed by atoms with Crippen LogP contribution in [0.2, 0.25) is 5.02 Å². The van der Waals surface area contributed by atoms with Gasteiger partial charge in [-0.2, -0.15) is 0 Å². The zero-order valence-electron chi connectivity index (χ0n) is 13.3. The highest BCUT2D eigenvalue weighted by Gasteiger charge is 2.28. The number of rotatable bonds is 5. The fourth-order valence-corrected chi connectivity index (χ4v) is 2.68. The summed E-state index contributed by atoms with van der Waals surface area (Å²) < 4.78 is 5.68. The van der Waals surface area contributed by atoms with Crippen molar-refractivity contribution >= 4 is 28.5 Å². The molecule has 0 bridgehead atoms. The SMILES string of the molecule is C[C@](O)(CNC(=O)Cc1ccccc1Cl)c1cc2ccccc2o1. The molecule has 124 valence electrons. The molecule has 1 heterocycles. The van der Waals surface area contributed by atoms with E-state index in [9.17, 15) is 9.90 Å². The largest absolute Gasteiger partial charge is 0.458 e. The fraction of sp³-hybridized carbons (Fsp3) is 0.211. The Bertz CT molecular complexity index is 837. The van der Waals surface area contributed by atoms with Gasteiger partial charge in [0, 0.05) is 10.4 Å². The number of furan rings is 1. The molecule has 1 amide bonds. The second kappa shape index (κ2) is 6.67. The van der Waals surface area contributed by atoms with Crippen LogP contribution in [0.3, 0.4) is 0 Å². The van der Waals surface area contributed by atoms with Gasteiger partial charge in [-0.15, -0.1) is 0 Å². The molecule has 0 spiro atoms. The first-order chi connectivity index (χ1) is 11.5. The van der Waals surface area contributed by atoms with Gasteiger partial charge in [0.25, 0.3) is 0 Å². The van der Waals surface area contributed by atoms with E-state index in [1.165, 1.54) is 0 Å². The van der Waals surface area contributed by atoms with Gasteiger partial charge in [-0.05, 0) is 30.7 Å². The van der Waals surface area contributed by atoms with Gasteiger partial charge < -0.3 is 14.8 Å². The second-order valence-corrected chi connectivity index (χ2v) is 6.37. The van der Waals surface area contributed by atoms with E-state index >= 15 is 0 Å². The average Bonchev–Trinajstić information content (AvgIpc) is 3.00. The maximum atomic E-state index is 12.1. The van der Waals surface area contributed by atoms with Crippen molar-refractivity contribution in [1.82, 2.24) is 5.32 Å². The standard InChI is InChI=1S/C19H18ClNO3/c1-19(23,17-10-14-7-3-5-9-16(14)24-17)12-21-18(22)11-13-6-2-4-8-15(13)20/h2-10,23H,11-12H2,1H3,(H,21,22)/t19-/m0/s1. The summed E-state index contributed by atoms with van der Waals surface area (Å²) >= 11 is 6.06. The van der Waals surface area contributed by atoms with Gasteiger partial charge >= 0.3 is 0 Å². The van der Waals surface area contributed by atoms with E-state index in [1.807, 2.05) is 36.4 Å². The molecule has 1 atom stereocenters. The Balaban J connectivity index is 1.66. The van der Waals surface area contributed by atoms with Crippen LogP contribution in [0.1, 0.15) is 18.2 Å². The van der Waals surface area contributed by atoms with Gasteiger partial charge in [0.1, 0.15) is 16.9 Å². The van der Waals surface area contributed by atoms with E-state index in [-0.39, 0.29) is 18.9 Å². The number of benzene rings is 2. The molecule has 0 unspecified atom stereocenters. The summed E-state index contributed by atoms with van der Waals surface area (Å²) in [6.07, 6.45) is 0.163. The Morgan fingerprint density at radius 1 is 1.21 bits per heavy atom. The third-order valence-electron chi connectivity index (χ3n) is 3.89. The smallest absolute Gasteiger partial charge is 0.224 e. The molecule has 0 fully saturated rings. The number of aliphatic hydroxyl groups is 1. The van der Waals surface area contributed by atoms with Crippen molar-refractivity contribution in [3.05, 3.63) is 70.9 Å². The minimum absolute atomic E-state index is 0.0517. The van der Waals surface area contributed by atoms with Crippen molar-refractivity contribution < 1.29 is 14.3 Å². The van der Waals surface area contributed by atoms with Crippen molar-refractivity contribution in [3.63, 3.8) is 0 Å². The molecule has 4 nitrogen and oxygen atoms in total. The lowest BCUT2D eigenvalue weighted by atomic mass is 10.0. The van der Waals surface area contributed by atoms with Gasteiger partial charge in [-0.1, -0.05) is 48.0 Å². The third kappa shape index (κ3) is 3.61. The molecule has 0 aliphatic carbocycles. The van der Waals surface area contributed by atoms with Gasteiger partial charge in [0.05, 0.1) is 13.0 Å². The highest BCUT2D eigenvalue weighted by Crippen LogP contribution is 2.27. The van der Waals surface area contributed by atoms with E-state index in [4.69, 9.17) is 16.0 Å². The van der Waals surface area contributed by atoms with E-state index in [0.717, 1.165) is 10.9 Å². The minimum atomic E-state index is -1.30. The van der Waals surface area contributed by atoms with Crippen LogP contribution in [-0.2, 0) is 16.8 Å². The Morgan fingerprint density at radius 3 is 2.67 bits per heavy atom. The first kappa shape index (κ1) is 16.6. The molecule has 0 aliphatic rings. The Kier molecular flexibility index (Phi) is 4.60. The molecular weight excluding hydrogens is 326 g/mol. The molecule has 0 saturated carbocycles. The molecule has 1 aromatic heterocycles. The number of para-hydroxylation sites is 1. The predicted octanol–water partition coefficient (Wildman–Crippen LogP) is 3.65. The van der Waals surface area contributed by atoms with Crippen LogP contribution in [0, 0.1) is 0 Å². The van der Waals surface area contributed by atoms with E-state index in [2.05, 4.69) is 5.32 Å². The van der Waals surface area contributed by atoms with E-state index < -0.39 is 5.60 Å². The van der Waals surface area contributed by atoms with Crippen molar-refractivity contribution in [3.8, 4) is 0 Å². The maximum Gasteiger partial charge on any atom is 0.224 e. The molecular formula is C19H18ClNO3. The monoisotopic (exact) mass is 343 g/mol. The highest BCUT2D eigenvalue weighted by molar-refractivity contribution is 6.31. The van der Waals surface area contributed by atoms with Gasteiger partial charge in [0.2, 0.25) is 5.91 Å². The Labute approximate surface area is 145 Å². The second-order valence-electron chi connectivity index (χ2n) is 5.97. The number of fused-ring (bicyclic) bond motifs is 1. The van der Waals surface area contributed by atoms with Crippen molar-refractivity contribution in [2.45, 2.75) is 18.9 Å². The first-order valence-electron chi connectivity index (χ1n) is 7.67. The minimum Gasteiger partial charge on any atom is -0.458 e. The topological polar surface area (TPSA) is 62.5 Å². The van der Waals surface area contributed by atoms with Crippen molar-refractivity contribution in [2.75, 3.05) is 6.54 Å². The molecule has 5 heteroatoms. The molecule has 0 saturated heterocycles. The van der Waals surface area contributed by atoms with Crippen molar-refractivity contribution in [1.29, 1.82) is 0 Å². The number of hydrogen-bond donors (Lipinski definition) is 2. The quantitative estimate of drug-likeness (QED) is 0.743. The molecule has 0 aliphatic heterocycles. The summed E-state index contributed by atoms with van der Waals surface area (Å²) in [5, 5.41) is 14.8. The Hall–Kier alpha value is -2.30. The lowest BCUT2D eigenvalue weighted by Gasteiger charge is -2.21. The molecule has 0 radical (unpaired) electrons. The summed E-state index contributed by atoms with van der Waals surface area (Å²) in [5.74, 6) is 0.209. The van der Waals surface area contributed by atoms with Gasteiger partial charge in [0.15, 0.2) is 0 Å². The zero-order chi connectivity index (χ0) is 17.2. The van der Waals surface area contributed by atoms with Crippen LogP contribution < -0.4 is 5.32 Å². The number of amides is 1. The molecule has 3 rings (SSSR count). The summed E-state index contributed by atoms with van der Waals surface area (Å²) in [4.78, 5) is 12.1. The summed E-state index contributed by atoms with van der Waals surface area (Å²) in [7, 11) is 0. The lowest BCUT2D eigenvalue weighted by molar-refractivity contribution is -0.121. The summed E-state index contributed by atoms with van der Waals surface area (Å²) in [6.45, 7) is 1.66. The van der Waals surface area contributed by atoms with Crippen LogP contribution in [0.15, 0.2) is 59.0 Å². The number of carbonyl (C=O) groups is 1. The maximum absolute atomic E-state index is 12.1. The van der Waals surface area contributed by atoms with Crippen molar-refractivity contribution in [2.24, 2.45) is 0 Å². The first-order valence-corrected chi connectivity index (χ1v) is 8.05. The normalized spacial score (nSPS) is 13.6. The molecule has 3 aromatic rings. The van der Waals surface area contributed by atoms with Crippen LogP contribution >= 0.6 is 11.6 Å². The Morgan fingerprint density at radius 2 is 1.92 bits per heavy atom. The molecule has 2 N–H and O–H groups in total. The average molecular weight is 344 g/mol. The number of carbonyl (C=O) groups excluding carboxylic acids is 1. The van der Waals surface area contributed by atoms with Gasteiger partial charge in [-0.3, -0.25) is 4.79 Å². The molecule has 24 heavy (non-hydrogen) atoms. The van der Waals surface area contributed by atoms with Gasteiger partial charge in [-0.25, -0.2) is 0 Å². The fourth-order valence-electron chi connectivity index (χ4n) is 2.48. The van der Waals surface area contributed by atoms with Crippen LogP contribution in [0.4, 0.5) is 0 Å². The van der Waals surface area contributed by atoms with Crippen LogP contribution in [0.25, 0.3) is 11.0 Å². The highest BCUT2D eigenvalue weighted by atomic mass is 35.5. The zero-order valence-corrected chi connectivity index (χ0v) is 14.0. The van der Waals surface area contributed by atoms with E-state index in [0.29, 0.717) is 16.4 Å². The van der Waals surface area contributed by atoms with Crippen LogP contribution in [0.5, 0.6) is 0 Å². The summed E-state index contributed by atoms with van der Waals surface area (Å²) in [5.41, 5.74) is 0.157. The molecule has 2 aromatic carbocycles. The number of nitrogens with one attached hydrogen (secondary N) is 1.